The SMILES string of the molecule is CCC1=C(O)C(=O)C(=O)C=C1. The number of carbonyl (C=O) groups excluding carboxylic acids is 2. The van der Waals surface area contributed by atoms with Gasteiger partial charge in [0.15, 0.2) is 5.76 Å². The number of rotatable bonds is 1. The van der Waals surface area contributed by atoms with Crippen molar-refractivity contribution in [2.24, 2.45) is 0 Å². The highest BCUT2D eigenvalue weighted by molar-refractivity contribution is 6.47. The van der Waals surface area contributed by atoms with Crippen LogP contribution in [0.1, 0.15) is 13.3 Å². The number of aliphatic hydroxyl groups is 1. The number of Topliss-reactive ketones (excluding diaryl/α,β-unsaturated/α-hetero) is 1. The fourth-order valence-corrected chi connectivity index (χ4v) is 0.879. The smallest absolute Gasteiger partial charge is 0.267 e. The minimum atomic E-state index is -0.802. The van der Waals surface area contributed by atoms with E-state index >= 15 is 0 Å². The van der Waals surface area contributed by atoms with Gasteiger partial charge in [-0.25, -0.2) is 0 Å². The second kappa shape index (κ2) is 2.70. The number of allylic oxidation sites excluding steroid dienone is 4. The molecule has 0 atom stereocenters. The van der Waals surface area contributed by atoms with Crippen LogP contribution in [0.3, 0.4) is 0 Å². The molecule has 0 aromatic rings. The van der Waals surface area contributed by atoms with E-state index in [1.54, 1.807) is 6.92 Å². The van der Waals surface area contributed by atoms with Crippen LogP contribution in [0, 0.1) is 0 Å². The molecule has 0 radical (unpaired) electrons. The molecule has 0 bridgehead atoms. The van der Waals surface area contributed by atoms with Crippen molar-refractivity contribution in [2.45, 2.75) is 13.3 Å². The fraction of sp³-hybridized carbons (Fsp3) is 0.250. The largest absolute Gasteiger partial charge is 0.504 e. The molecule has 0 heterocycles. The van der Waals surface area contributed by atoms with E-state index in [4.69, 9.17) is 5.11 Å². The maximum absolute atomic E-state index is 10.8. The summed E-state index contributed by atoms with van der Waals surface area (Å²) in [6.45, 7) is 1.80. The predicted molar refractivity (Wildman–Crippen MR) is 39.1 cm³/mol. The summed E-state index contributed by atoms with van der Waals surface area (Å²) in [4.78, 5) is 21.4. The molecule has 3 heteroatoms. The quantitative estimate of drug-likeness (QED) is 0.449. The molecule has 11 heavy (non-hydrogen) atoms. The second-order valence-electron chi connectivity index (χ2n) is 2.25. The molecule has 58 valence electrons. The molecule has 0 aliphatic heterocycles. The Kier molecular flexibility index (Phi) is 1.89. The van der Waals surface area contributed by atoms with Crippen LogP contribution in [-0.2, 0) is 9.59 Å². The van der Waals surface area contributed by atoms with Crippen molar-refractivity contribution in [3.63, 3.8) is 0 Å². The van der Waals surface area contributed by atoms with Crippen LogP contribution in [0.15, 0.2) is 23.5 Å². The molecule has 0 saturated heterocycles. The first-order valence-electron chi connectivity index (χ1n) is 3.35. The van der Waals surface area contributed by atoms with Gasteiger partial charge in [0.05, 0.1) is 0 Å². The molecular formula is C8H8O3. The number of hydrogen-bond acceptors (Lipinski definition) is 3. The first-order valence-corrected chi connectivity index (χ1v) is 3.35. The van der Waals surface area contributed by atoms with Gasteiger partial charge in [-0.2, -0.15) is 0 Å². The highest BCUT2D eigenvalue weighted by Gasteiger charge is 2.21. The van der Waals surface area contributed by atoms with E-state index in [-0.39, 0.29) is 0 Å². The molecule has 0 amide bonds. The summed E-state index contributed by atoms with van der Waals surface area (Å²) in [6.07, 6.45) is 3.21. The third kappa shape index (κ3) is 1.22. The highest BCUT2D eigenvalue weighted by Crippen LogP contribution is 2.13. The maximum Gasteiger partial charge on any atom is 0.267 e. The van der Waals surface area contributed by atoms with Gasteiger partial charge in [0, 0.05) is 0 Å². The first kappa shape index (κ1) is 7.72. The van der Waals surface area contributed by atoms with E-state index < -0.39 is 17.3 Å². The average Bonchev–Trinajstić information content (AvgIpc) is 2.01. The van der Waals surface area contributed by atoms with Crippen molar-refractivity contribution >= 4 is 11.6 Å². The monoisotopic (exact) mass is 152 g/mol. The van der Waals surface area contributed by atoms with Gasteiger partial charge in [0.25, 0.3) is 5.78 Å². The Morgan fingerprint density at radius 1 is 1.36 bits per heavy atom. The summed E-state index contributed by atoms with van der Waals surface area (Å²) in [5.74, 6) is -1.86. The molecule has 0 fully saturated rings. The number of hydrogen-bond donors (Lipinski definition) is 1. The van der Waals surface area contributed by atoms with Crippen molar-refractivity contribution in [3.05, 3.63) is 23.5 Å². The maximum atomic E-state index is 10.8. The first-order chi connectivity index (χ1) is 5.16. The summed E-state index contributed by atoms with van der Waals surface area (Å²) in [5, 5.41) is 9.07. The van der Waals surface area contributed by atoms with Crippen molar-refractivity contribution in [3.8, 4) is 0 Å². The van der Waals surface area contributed by atoms with Gasteiger partial charge in [0.1, 0.15) is 0 Å². The second-order valence-corrected chi connectivity index (χ2v) is 2.25. The van der Waals surface area contributed by atoms with Gasteiger partial charge >= 0.3 is 0 Å². The zero-order valence-corrected chi connectivity index (χ0v) is 6.13. The van der Waals surface area contributed by atoms with E-state index in [9.17, 15) is 9.59 Å². The van der Waals surface area contributed by atoms with Crippen LogP contribution in [0.5, 0.6) is 0 Å². The molecule has 3 nitrogen and oxygen atoms in total. The van der Waals surface area contributed by atoms with E-state index in [2.05, 4.69) is 0 Å². The fourth-order valence-electron chi connectivity index (χ4n) is 0.879. The summed E-state index contributed by atoms with van der Waals surface area (Å²) in [5.41, 5.74) is 0.523. The molecular weight excluding hydrogens is 144 g/mol. The van der Waals surface area contributed by atoms with Gasteiger partial charge in [-0.3, -0.25) is 9.59 Å². The standard InChI is InChI=1S/C8H8O3/c1-2-5-3-4-6(9)8(11)7(5)10/h3-4,10H,2H2,1H3. The molecule has 1 N–H and O–H groups in total. The molecule has 1 aliphatic carbocycles. The molecule has 1 rings (SSSR count). The van der Waals surface area contributed by atoms with Crippen molar-refractivity contribution in [1.29, 1.82) is 0 Å². The predicted octanol–water partition coefficient (Wildman–Crippen LogP) is 0.917. The van der Waals surface area contributed by atoms with Gasteiger partial charge < -0.3 is 5.11 Å². The van der Waals surface area contributed by atoms with E-state index in [1.165, 1.54) is 12.2 Å². The molecule has 0 aromatic carbocycles. The van der Waals surface area contributed by atoms with E-state index in [0.29, 0.717) is 12.0 Å². The van der Waals surface area contributed by atoms with E-state index in [0.717, 1.165) is 0 Å². The lowest BCUT2D eigenvalue weighted by atomic mass is 10.0. The number of carbonyl (C=O) groups is 2. The molecule has 0 spiro atoms. The summed E-state index contributed by atoms with van der Waals surface area (Å²) in [7, 11) is 0. The summed E-state index contributed by atoms with van der Waals surface area (Å²) < 4.78 is 0. The van der Waals surface area contributed by atoms with Gasteiger partial charge in [-0.1, -0.05) is 13.0 Å². The van der Waals surface area contributed by atoms with Crippen LogP contribution >= 0.6 is 0 Å². The minimum Gasteiger partial charge on any atom is -0.504 e. The third-order valence-electron chi connectivity index (χ3n) is 1.56. The van der Waals surface area contributed by atoms with Crippen LogP contribution in [0.4, 0.5) is 0 Å². The van der Waals surface area contributed by atoms with Crippen LogP contribution < -0.4 is 0 Å². The minimum absolute atomic E-state index is 0.403. The third-order valence-corrected chi connectivity index (χ3v) is 1.56. The Bertz CT molecular complexity index is 271. The Morgan fingerprint density at radius 2 is 2.00 bits per heavy atom. The van der Waals surface area contributed by atoms with Crippen LogP contribution in [0.2, 0.25) is 0 Å². The Balaban J connectivity index is 3.06. The Labute approximate surface area is 64.0 Å². The lowest BCUT2D eigenvalue weighted by Gasteiger charge is -2.05. The average molecular weight is 152 g/mol. The molecule has 1 aliphatic rings. The topological polar surface area (TPSA) is 54.4 Å². The molecule has 0 unspecified atom stereocenters. The number of aliphatic hydroxyl groups excluding tert-OH is 1. The van der Waals surface area contributed by atoms with Gasteiger partial charge in [0.2, 0.25) is 5.78 Å². The zero-order valence-electron chi connectivity index (χ0n) is 6.13. The lowest BCUT2D eigenvalue weighted by molar-refractivity contribution is -0.133. The van der Waals surface area contributed by atoms with Crippen LogP contribution in [-0.4, -0.2) is 16.7 Å². The highest BCUT2D eigenvalue weighted by atomic mass is 16.3. The Hall–Kier alpha value is -1.38. The lowest BCUT2D eigenvalue weighted by Crippen LogP contribution is -2.18. The number of ketones is 2. The molecule has 0 aromatic heterocycles. The van der Waals surface area contributed by atoms with E-state index in [1.807, 2.05) is 0 Å². The summed E-state index contributed by atoms with van der Waals surface area (Å²) in [6, 6.07) is 0. The van der Waals surface area contributed by atoms with Crippen molar-refractivity contribution in [2.75, 3.05) is 0 Å². The van der Waals surface area contributed by atoms with Crippen molar-refractivity contribution < 1.29 is 14.7 Å². The molecule has 0 saturated carbocycles. The van der Waals surface area contributed by atoms with Gasteiger partial charge in [-0.15, -0.1) is 0 Å². The van der Waals surface area contributed by atoms with Gasteiger partial charge in [-0.05, 0) is 18.1 Å². The normalized spacial score (nSPS) is 17.9. The Morgan fingerprint density at radius 3 is 2.55 bits per heavy atom. The summed E-state index contributed by atoms with van der Waals surface area (Å²) >= 11 is 0. The van der Waals surface area contributed by atoms with Crippen LogP contribution in [0.25, 0.3) is 0 Å². The zero-order chi connectivity index (χ0) is 8.43. The van der Waals surface area contributed by atoms with Crippen molar-refractivity contribution in [1.82, 2.24) is 0 Å².